The summed E-state index contributed by atoms with van der Waals surface area (Å²) in [6.07, 6.45) is 1.19. The Morgan fingerprint density at radius 2 is 1.95 bits per heavy atom. The molecular formula is C14H23N3O3S. The maximum atomic E-state index is 11.9. The Bertz CT molecular complexity index is 597. The van der Waals surface area contributed by atoms with Gasteiger partial charge in [-0.05, 0) is 37.9 Å². The Balaban J connectivity index is 2.87. The number of anilines is 1. The molecule has 0 heterocycles. The fourth-order valence-electron chi connectivity index (χ4n) is 1.89. The molecule has 118 valence electrons. The van der Waals surface area contributed by atoms with Crippen LogP contribution in [0.1, 0.15) is 5.56 Å². The predicted octanol–water partition coefficient (Wildman–Crippen LogP) is 0.352. The molecule has 21 heavy (non-hydrogen) atoms. The zero-order chi connectivity index (χ0) is 16.0. The molecule has 1 rings (SSSR count). The van der Waals surface area contributed by atoms with Crippen LogP contribution in [0.15, 0.2) is 23.1 Å². The van der Waals surface area contributed by atoms with Gasteiger partial charge in [0.1, 0.15) is 0 Å². The summed E-state index contributed by atoms with van der Waals surface area (Å²) < 4.78 is 23.6. The molecule has 0 bridgehead atoms. The lowest BCUT2D eigenvalue weighted by atomic mass is 10.1. The van der Waals surface area contributed by atoms with Crippen LogP contribution in [0.2, 0.25) is 0 Å². The van der Waals surface area contributed by atoms with E-state index >= 15 is 0 Å². The van der Waals surface area contributed by atoms with E-state index in [1.54, 1.807) is 19.2 Å². The number of likely N-dealkylation sites (N-methyl/N-ethyl adjacent to an activating group) is 1. The first-order valence-electron chi connectivity index (χ1n) is 6.66. The highest BCUT2D eigenvalue weighted by atomic mass is 32.2. The number of nitrogens with one attached hydrogen (secondary N) is 2. The van der Waals surface area contributed by atoms with Gasteiger partial charge in [-0.1, -0.05) is 0 Å². The number of sulfone groups is 1. The van der Waals surface area contributed by atoms with Gasteiger partial charge < -0.3 is 15.5 Å². The van der Waals surface area contributed by atoms with Crippen molar-refractivity contribution in [3.8, 4) is 0 Å². The van der Waals surface area contributed by atoms with Crippen LogP contribution in [0.25, 0.3) is 0 Å². The third kappa shape index (κ3) is 5.73. The fourth-order valence-corrected chi connectivity index (χ4v) is 2.81. The van der Waals surface area contributed by atoms with E-state index < -0.39 is 9.84 Å². The molecule has 0 fully saturated rings. The number of amides is 1. The number of hydrogen-bond donors (Lipinski definition) is 2. The van der Waals surface area contributed by atoms with Crippen molar-refractivity contribution in [3.05, 3.63) is 23.8 Å². The van der Waals surface area contributed by atoms with Crippen LogP contribution in [0.5, 0.6) is 0 Å². The summed E-state index contributed by atoms with van der Waals surface area (Å²) in [5.74, 6) is -0.185. The minimum absolute atomic E-state index is 0.0470. The van der Waals surface area contributed by atoms with Crippen LogP contribution in [-0.4, -0.2) is 59.7 Å². The summed E-state index contributed by atoms with van der Waals surface area (Å²) in [5, 5.41) is 5.73. The summed E-state index contributed by atoms with van der Waals surface area (Å²) in [5.41, 5.74) is 1.28. The molecule has 0 atom stereocenters. The van der Waals surface area contributed by atoms with Gasteiger partial charge >= 0.3 is 0 Å². The standard InChI is InChI=1S/C14H23N3O3S/c1-15-12-5-6-13(21(4,19)20)11(9-12)10-14(18)16-7-8-17(2)3/h5-6,9,15H,7-8,10H2,1-4H3,(H,16,18). The second-order valence-electron chi connectivity index (χ2n) is 5.17. The van der Waals surface area contributed by atoms with Crippen molar-refractivity contribution >= 4 is 21.4 Å². The average Bonchev–Trinajstić information content (AvgIpc) is 2.36. The van der Waals surface area contributed by atoms with E-state index in [-0.39, 0.29) is 17.2 Å². The van der Waals surface area contributed by atoms with E-state index in [0.717, 1.165) is 18.5 Å². The van der Waals surface area contributed by atoms with Crippen molar-refractivity contribution in [1.29, 1.82) is 0 Å². The lowest BCUT2D eigenvalue weighted by Gasteiger charge is -2.12. The second kappa shape index (κ2) is 7.42. The molecule has 0 saturated heterocycles. The number of nitrogens with zero attached hydrogens (tertiary/aromatic N) is 1. The molecule has 0 unspecified atom stereocenters. The third-order valence-electron chi connectivity index (χ3n) is 2.98. The monoisotopic (exact) mass is 313 g/mol. The molecule has 7 heteroatoms. The van der Waals surface area contributed by atoms with Crippen LogP contribution >= 0.6 is 0 Å². The normalized spacial score (nSPS) is 11.5. The van der Waals surface area contributed by atoms with Gasteiger partial charge in [-0.15, -0.1) is 0 Å². The van der Waals surface area contributed by atoms with Gasteiger partial charge in [-0.3, -0.25) is 4.79 Å². The maximum absolute atomic E-state index is 11.9. The number of carbonyl (C=O) groups excluding carboxylic acids is 1. The lowest BCUT2D eigenvalue weighted by molar-refractivity contribution is -0.120. The zero-order valence-corrected chi connectivity index (χ0v) is 13.8. The topological polar surface area (TPSA) is 78.5 Å². The smallest absolute Gasteiger partial charge is 0.224 e. The molecule has 1 aromatic carbocycles. The van der Waals surface area contributed by atoms with Gasteiger partial charge in [0.25, 0.3) is 0 Å². The first-order valence-corrected chi connectivity index (χ1v) is 8.55. The summed E-state index contributed by atoms with van der Waals surface area (Å²) in [7, 11) is 2.23. The Morgan fingerprint density at radius 1 is 1.29 bits per heavy atom. The zero-order valence-electron chi connectivity index (χ0n) is 12.9. The molecule has 1 aromatic rings. The predicted molar refractivity (Wildman–Crippen MR) is 84.4 cm³/mol. The first kappa shape index (κ1) is 17.5. The van der Waals surface area contributed by atoms with E-state index in [1.807, 2.05) is 19.0 Å². The van der Waals surface area contributed by atoms with Crippen LogP contribution in [0.3, 0.4) is 0 Å². The highest BCUT2D eigenvalue weighted by Gasteiger charge is 2.16. The fraction of sp³-hybridized carbons (Fsp3) is 0.500. The van der Waals surface area contributed by atoms with Crippen molar-refractivity contribution in [1.82, 2.24) is 10.2 Å². The Kier molecular flexibility index (Phi) is 6.17. The third-order valence-corrected chi connectivity index (χ3v) is 4.18. The molecule has 2 N–H and O–H groups in total. The Morgan fingerprint density at radius 3 is 2.48 bits per heavy atom. The van der Waals surface area contributed by atoms with Gasteiger partial charge in [0.15, 0.2) is 9.84 Å². The molecular weight excluding hydrogens is 290 g/mol. The van der Waals surface area contributed by atoms with Crippen molar-refractivity contribution in [2.45, 2.75) is 11.3 Å². The van der Waals surface area contributed by atoms with Crippen LogP contribution in [0.4, 0.5) is 5.69 Å². The summed E-state index contributed by atoms with van der Waals surface area (Å²) in [6.45, 7) is 1.27. The summed E-state index contributed by atoms with van der Waals surface area (Å²) in [6, 6.07) is 4.91. The Labute approximate surface area is 126 Å². The van der Waals surface area contributed by atoms with Crippen molar-refractivity contribution < 1.29 is 13.2 Å². The van der Waals surface area contributed by atoms with Gasteiger partial charge in [0.2, 0.25) is 5.91 Å². The van der Waals surface area contributed by atoms with E-state index in [9.17, 15) is 13.2 Å². The van der Waals surface area contributed by atoms with Crippen molar-refractivity contribution in [2.75, 3.05) is 45.8 Å². The lowest BCUT2D eigenvalue weighted by Crippen LogP contribution is -2.32. The Hall–Kier alpha value is -1.60. The highest BCUT2D eigenvalue weighted by molar-refractivity contribution is 7.90. The summed E-state index contributed by atoms with van der Waals surface area (Å²) >= 11 is 0. The molecule has 0 saturated carbocycles. The van der Waals surface area contributed by atoms with E-state index in [2.05, 4.69) is 10.6 Å². The van der Waals surface area contributed by atoms with Gasteiger partial charge in [-0.25, -0.2) is 8.42 Å². The van der Waals surface area contributed by atoms with Crippen LogP contribution in [-0.2, 0) is 21.1 Å². The van der Waals surface area contributed by atoms with E-state index in [0.29, 0.717) is 12.1 Å². The minimum Gasteiger partial charge on any atom is -0.388 e. The van der Waals surface area contributed by atoms with E-state index in [4.69, 9.17) is 0 Å². The van der Waals surface area contributed by atoms with Crippen LogP contribution < -0.4 is 10.6 Å². The number of rotatable bonds is 7. The molecule has 1 amide bonds. The van der Waals surface area contributed by atoms with E-state index in [1.165, 1.54) is 6.07 Å². The molecule has 0 aliphatic rings. The average molecular weight is 313 g/mol. The molecule has 0 aliphatic heterocycles. The first-order chi connectivity index (χ1) is 9.74. The molecule has 0 aromatic heterocycles. The number of benzene rings is 1. The number of hydrogen-bond acceptors (Lipinski definition) is 5. The quantitative estimate of drug-likeness (QED) is 0.759. The molecule has 0 radical (unpaired) electrons. The van der Waals surface area contributed by atoms with Crippen molar-refractivity contribution in [2.24, 2.45) is 0 Å². The van der Waals surface area contributed by atoms with Gasteiger partial charge in [0.05, 0.1) is 11.3 Å². The SMILES string of the molecule is CNc1ccc(S(C)(=O)=O)c(CC(=O)NCCN(C)C)c1. The van der Waals surface area contributed by atoms with Crippen LogP contribution in [0, 0.1) is 0 Å². The largest absolute Gasteiger partial charge is 0.388 e. The minimum atomic E-state index is -3.35. The number of carbonyl (C=O) groups is 1. The van der Waals surface area contributed by atoms with Crippen molar-refractivity contribution in [3.63, 3.8) is 0 Å². The molecule has 6 nitrogen and oxygen atoms in total. The van der Waals surface area contributed by atoms with Gasteiger partial charge in [0, 0.05) is 32.1 Å². The van der Waals surface area contributed by atoms with Gasteiger partial charge in [-0.2, -0.15) is 0 Å². The maximum Gasteiger partial charge on any atom is 0.224 e. The summed E-state index contributed by atoms with van der Waals surface area (Å²) in [4.78, 5) is 14.1. The molecule has 0 spiro atoms. The highest BCUT2D eigenvalue weighted by Crippen LogP contribution is 2.20. The molecule has 0 aliphatic carbocycles. The second-order valence-corrected chi connectivity index (χ2v) is 7.16.